The molecular formula is C14H17BrClFO. The van der Waals surface area contributed by atoms with Gasteiger partial charge in [-0.3, -0.25) is 0 Å². The number of halogens is 3. The first-order valence-electron chi connectivity index (χ1n) is 6.29. The molecule has 0 heterocycles. The zero-order valence-corrected chi connectivity index (χ0v) is 12.9. The van der Waals surface area contributed by atoms with E-state index in [0.717, 1.165) is 19.3 Å². The molecule has 1 nitrogen and oxygen atoms in total. The van der Waals surface area contributed by atoms with E-state index in [9.17, 15) is 4.39 Å². The predicted octanol–water partition coefficient (Wildman–Crippen LogP) is 5.15. The van der Waals surface area contributed by atoms with Crippen LogP contribution in [0.25, 0.3) is 0 Å². The first-order valence-corrected chi connectivity index (χ1v) is 7.52. The molecule has 2 unspecified atom stereocenters. The summed E-state index contributed by atoms with van der Waals surface area (Å²) in [6.07, 6.45) is 2.90. The maximum Gasteiger partial charge on any atom is 0.141 e. The van der Waals surface area contributed by atoms with Crippen molar-refractivity contribution in [2.45, 2.75) is 44.6 Å². The molecule has 0 amide bonds. The van der Waals surface area contributed by atoms with Crippen LogP contribution in [0.5, 0.6) is 5.75 Å². The molecule has 18 heavy (non-hydrogen) atoms. The van der Waals surface area contributed by atoms with E-state index in [1.807, 2.05) is 0 Å². The number of rotatable bonds is 4. The van der Waals surface area contributed by atoms with Crippen LogP contribution in [0.3, 0.4) is 0 Å². The van der Waals surface area contributed by atoms with Crippen molar-refractivity contribution in [3.63, 3.8) is 0 Å². The fraction of sp³-hybridized carbons (Fsp3) is 0.571. The highest BCUT2D eigenvalue weighted by Gasteiger charge is 2.53. The monoisotopic (exact) mass is 334 g/mol. The fourth-order valence-corrected chi connectivity index (χ4v) is 3.58. The lowest BCUT2D eigenvalue weighted by molar-refractivity contribution is -0.0463. The van der Waals surface area contributed by atoms with E-state index in [0.29, 0.717) is 10.2 Å². The molecule has 4 heteroatoms. The zero-order valence-electron chi connectivity index (χ0n) is 10.6. The van der Waals surface area contributed by atoms with E-state index in [1.165, 1.54) is 6.07 Å². The Hall–Kier alpha value is -0.280. The molecule has 1 saturated carbocycles. The normalized spacial score (nSPS) is 25.6. The number of hydrogen-bond donors (Lipinski definition) is 0. The molecule has 1 aliphatic carbocycles. The molecular weight excluding hydrogens is 319 g/mol. The average Bonchev–Trinajstić information content (AvgIpc) is 2.35. The zero-order chi connectivity index (χ0) is 13.3. The van der Waals surface area contributed by atoms with Crippen molar-refractivity contribution in [3.05, 3.63) is 28.5 Å². The van der Waals surface area contributed by atoms with E-state index >= 15 is 0 Å². The minimum absolute atomic E-state index is 0.0328. The summed E-state index contributed by atoms with van der Waals surface area (Å²) in [5, 5.41) is 0.165. The maximum absolute atomic E-state index is 13.4. The summed E-state index contributed by atoms with van der Waals surface area (Å²) >= 11 is 9.46. The van der Waals surface area contributed by atoms with Gasteiger partial charge in [-0.1, -0.05) is 13.8 Å². The maximum atomic E-state index is 13.4. The van der Waals surface area contributed by atoms with E-state index in [1.54, 1.807) is 12.1 Å². The van der Waals surface area contributed by atoms with Crippen LogP contribution in [0.4, 0.5) is 4.39 Å². The predicted molar refractivity (Wildman–Crippen MR) is 75.8 cm³/mol. The van der Waals surface area contributed by atoms with Crippen molar-refractivity contribution in [2.24, 2.45) is 5.41 Å². The second-order valence-electron chi connectivity index (χ2n) is 4.83. The van der Waals surface area contributed by atoms with Crippen molar-refractivity contribution in [2.75, 3.05) is 0 Å². The molecule has 0 radical (unpaired) electrons. The molecule has 1 aromatic carbocycles. The molecule has 0 aliphatic heterocycles. The lowest BCUT2D eigenvalue weighted by Gasteiger charge is -2.52. The van der Waals surface area contributed by atoms with Gasteiger partial charge in [0.2, 0.25) is 0 Å². The number of ether oxygens (including phenoxy) is 1. The van der Waals surface area contributed by atoms with Gasteiger partial charge in [0.25, 0.3) is 0 Å². The van der Waals surface area contributed by atoms with Crippen molar-refractivity contribution in [1.29, 1.82) is 0 Å². The molecule has 0 aromatic heterocycles. The van der Waals surface area contributed by atoms with Gasteiger partial charge in [0, 0.05) is 23.3 Å². The molecule has 0 bridgehead atoms. The largest absolute Gasteiger partial charge is 0.490 e. The van der Waals surface area contributed by atoms with Crippen LogP contribution in [-0.4, -0.2) is 11.5 Å². The van der Waals surface area contributed by atoms with Gasteiger partial charge in [0.1, 0.15) is 17.7 Å². The summed E-state index contributed by atoms with van der Waals surface area (Å²) in [7, 11) is 0. The van der Waals surface area contributed by atoms with Gasteiger partial charge in [-0.05, 0) is 40.9 Å². The average molecular weight is 336 g/mol. The third-order valence-corrected chi connectivity index (χ3v) is 5.43. The molecule has 2 atom stereocenters. The quantitative estimate of drug-likeness (QED) is 0.691. The fourth-order valence-electron chi connectivity index (χ4n) is 2.73. The topological polar surface area (TPSA) is 9.23 Å². The third kappa shape index (κ3) is 2.27. The van der Waals surface area contributed by atoms with Crippen LogP contribution in [0.2, 0.25) is 0 Å². The van der Waals surface area contributed by atoms with Gasteiger partial charge < -0.3 is 4.74 Å². The Bertz CT molecular complexity index is 434. The number of hydrogen-bond acceptors (Lipinski definition) is 1. The SMILES string of the molecule is CCC1(CC)C(Cl)CC1Oc1ccc(Br)c(F)c1. The first-order chi connectivity index (χ1) is 8.53. The molecule has 1 aromatic rings. The standard InChI is InChI=1S/C14H17BrClFO/c1-3-14(4-2)12(16)8-13(14)18-9-5-6-10(15)11(17)7-9/h5-7,12-13H,3-4,8H2,1-2H3. The van der Waals surface area contributed by atoms with Crippen molar-refractivity contribution >= 4 is 27.5 Å². The molecule has 1 fully saturated rings. The Kier molecular flexibility index (Phi) is 4.22. The molecule has 0 saturated heterocycles. The van der Waals surface area contributed by atoms with Crippen LogP contribution >= 0.6 is 27.5 Å². The molecule has 1 aliphatic rings. The lowest BCUT2D eigenvalue weighted by atomic mass is 9.62. The molecule has 0 spiro atoms. The van der Waals surface area contributed by atoms with Gasteiger partial charge in [0.15, 0.2) is 0 Å². The van der Waals surface area contributed by atoms with Crippen molar-refractivity contribution < 1.29 is 9.13 Å². The highest BCUT2D eigenvalue weighted by atomic mass is 79.9. The molecule has 2 rings (SSSR count). The second-order valence-corrected chi connectivity index (χ2v) is 6.21. The van der Waals surface area contributed by atoms with E-state index < -0.39 is 0 Å². The third-order valence-electron chi connectivity index (χ3n) is 4.17. The van der Waals surface area contributed by atoms with E-state index in [2.05, 4.69) is 29.8 Å². The minimum atomic E-state index is -0.298. The van der Waals surface area contributed by atoms with Crippen LogP contribution in [0.15, 0.2) is 22.7 Å². The van der Waals surface area contributed by atoms with Gasteiger partial charge in [-0.25, -0.2) is 4.39 Å². The number of benzene rings is 1. The van der Waals surface area contributed by atoms with Crippen LogP contribution in [0.1, 0.15) is 33.1 Å². The van der Waals surface area contributed by atoms with Crippen molar-refractivity contribution in [1.82, 2.24) is 0 Å². The summed E-state index contributed by atoms with van der Waals surface area (Å²) in [5.74, 6) is 0.281. The van der Waals surface area contributed by atoms with Crippen LogP contribution in [-0.2, 0) is 0 Å². The summed E-state index contributed by atoms with van der Waals surface area (Å²) in [4.78, 5) is 0. The highest BCUT2D eigenvalue weighted by Crippen LogP contribution is 2.51. The van der Waals surface area contributed by atoms with Crippen molar-refractivity contribution in [3.8, 4) is 5.75 Å². The Morgan fingerprint density at radius 3 is 2.61 bits per heavy atom. The molecule has 100 valence electrons. The van der Waals surface area contributed by atoms with E-state index in [4.69, 9.17) is 16.3 Å². The van der Waals surface area contributed by atoms with Gasteiger partial charge in [0.05, 0.1) is 4.47 Å². The number of alkyl halides is 1. The second kappa shape index (κ2) is 5.38. The summed E-state index contributed by atoms with van der Waals surface area (Å²) in [6, 6.07) is 4.87. The summed E-state index contributed by atoms with van der Waals surface area (Å²) in [6.45, 7) is 4.27. The van der Waals surface area contributed by atoms with Crippen LogP contribution in [0, 0.1) is 11.2 Å². The minimum Gasteiger partial charge on any atom is -0.490 e. The summed E-state index contributed by atoms with van der Waals surface area (Å²) < 4.78 is 19.8. The van der Waals surface area contributed by atoms with Gasteiger partial charge in [-0.2, -0.15) is 0 Å². The van der Waals surface area contributed by atoms with Gasteiger partial charge in [-0.15, -0.1) is 11.6 Å². The van der Waals surface area contributed by atoms with Gasteiger partial charge >= 0.3 is 0 Å². The summed E-state index contributed by atoms with van der Waals surface area (Å²) in [5.41, 5.74) is 0.0328. The highest BCUT2D eigenvalue weighted by molar-refractivity contribution is 9.10. The smallest absolute Gasteiger partial charge is 0.141 e. The Morgan fingerprint density at radius 2 is 2.11 bits per heavy atom. The van der Waals surface area contributed by atoms with E-state index in [-0.39, 0.29) is 22.7 Å². The lowest BCUT2D eigenvalue weighted by Crippen LogP contribution is -2.56. The van der Waals surface area contributed by atoms with Crippen LogP contribution < -0.4 is 4.74 Å². The first kappa shape index (κ1) is 14.1. The Morgan fingerprint density at radius 1 is 1.44 bits per heavy atom. The molecule has 0 N–H and O–H groups in total. The Balaban J connectivity index is 2.12. The Labute approximate surface area is 121 Å².